The molecule has 0 saturated carbocycles. The molecule has 0 radical (unpaired) electrons. The highest BCUT2D eigenvalue weighted by Crippen LogP contribution is 2.18. The van der Waals surface area contributed by atoms with Gasteiger partial charge >= 0.3 is 0 Å². The monoisotopic (exact) mass is 211 g/mol. The van der Waals surface area contributed by atoms with Gasteiger partial charge < -0.3 is 15.0 Å². The van der Waals surface area contributed by atoms with Crippen LogP contribution >= 0.6 is 0 Å². The van der Waals surface area contributed by atoms with Crippen molar-refractivity contribution in [1.29, 1.82) is 5.26 Å². The third-order valence-electron chi connectivity index (χ3n) is 3.18. The second-order valence-electron chi connectivity index (χ2n) is 4.17. The third kappa shape index (κ3) is 3.45. The number of nitrogens with zero attached hydrogens (tertiary/aromatic N) is 2. The summed E-state index contributed by atoms with van der Waals surface area (Å²) in [4.78, 5) is 2.30. The molecule has 0 aromatic rings. The van der Waals surface area contributed by atoms with Gasteiger partial charge in [0.25, 0.3) is 0 Å². The topological polar surface area (TPSA) is 48.3 Å². The van der Waals surface area contributed by atoms with E-state index in [1.54, 1.807) is 0 Å². The minimum absolute atomic E-state index is 0.0370. The van der Waals surface area contributed by atoms with Crippen molar-refractivity contribution in [3.8, 4) is 6.07 Å². The number of hydrogen-bond acceptors (Lipinski definition) is 4. The minimum atomic E-state index is -0.0370. The lowest BCUT2D eigenvalue weighted by Crippen LogP contribution is -2.39. The first-order valence-corrected chi connectivity index (χ1v) is 5.57. The summed E-state index contributed by atoms with van der Waals surface area (Å²) in [6.45, 7) is 3.93. The van der Waals surface area contributed by atoms with Crippen molar-refractivity contribution in [3.05, 3.63) is 0 Å². The SMILES string of the molecule is CNC(C#N)CCN(C)C1CCOC1C. The van der Waals surface area contributed by atoms with Gasteiger partial charge in [0.1, 0.15) is 0 Å². The zero-order valence-corrected chi connectivity index (χ0v) is 9.86. The molecule has 0 aliphatic carbocycles. The normalized spacial score (nSPS) is 27.9. The molecule has 0 bridgehead atoms. The molecule has 0 aromatic heterocycles. The van der Waals surface area contributed by atoms with Crippen molar-refractivity contribution in [2.24, 2.45) is 0 Å². The summed E-state index contributed by atoms with van der Waals surface area (Å²) in [6, 6.07) is 2.72. The van der Waals surface area contributed by atoms with Gasteiger partial charge in [0, 0.05) is 19.2 Å². The molecule has 1 rings (SSSR count). The van der Waals surface area contributed by atoms with Gasteiger partial charge in [0.15, 0.2) is 0 Å². The molecule has 1 saturated heterocycles. The molecule has 1 aliphatic rings. The molecule has 15 heavy (non-hydrogen) atoms. The summed E-state index contributed by atoms with van der Waals surface area (Å²) >= 11 is 0. The molecule has 0 spiro atoms. The van der Waals surface area contributed by atoms with Crippen LogP contribution in [0.3, 0.4) is 0 Å². The van der Waals surface area contributed by atoms with Gasteiger partial charge in [-0.2, -0.15) is 5.26 Å². The van der Waals surface area contributed by atoms with Gasteiger partial charge in [-0.15, -0.1) is 0 Å². The molecule has 4 nitrogen and oxygen atoms in total. The van der Waals surface area contributed by atoms with Gasteiger partial charge in [0.05, 0.1) is 18.2 Å². The molecule has 1 aliphatic heterocycles. The van der Waals surface area contributed by atoms with Crippen LogP contribution in [0.15, 0.2) is 0 Å². The van der Waals surface area contributed by atoms with E-state index in [4.69, 9.17) is 10.00 Å². The van der Waals surface area contributed by atoms with E-state index < -0.39 is 0 Å². The summed E-state index contributed by atoms with van der Waals surface area (Å²) in [5.74, 6) is 0. The van der Waals surface area contributed by atoms with Crippen molar-refractivity contribution < 1.29 is 4.74 Å². The highest BCUT2D eigenvalue weighted by molar-refractivity contribution is 4.90. The molecule has 1 heterocycles. The van der Waals surface area contributed by atoms with Crippen molar-refractivity contribution in [2.45, 2.75) is 38.0 Å². The van der Waals surface area contributed by atoms with Crippen LogP contribution in [0, 0.1) is 11.3 Å². The van der Waals surface area contributed by atoms with Crippen LogP contribution in [0.2, 0.25) is 0 Å². The summed E-state index contributed by atoms with van der Waals surface area (Å²) in [7, 11) is 3.94. The largest absolute Gasteiger partial charge is 0.377 e. The maximum atomic E-state index is 8.80. The number of likely N-dealkylation sites (N-methyl/N-ethyl adjacent to an activating group) is 1. The fraction of sp³-hybridized carbons (Fsp3) is 0.909. The summed E-state index contributed by atoms with van der Waals surface area (Å²) in [6.07, 6.45) is 2.30. The van der Waals surface area contributed by atoms with Crippen molar-refractivity contribution >= 4 is 0 Å². The lowest BCUT2D eigenvalue weighted by atomic mass is 10.1. The van der Waals surface area contributed by atoms with Gasteiger partial charge in [0.2, 0.25) is 0 Å². The fourth-order valence-electron chi connectivity index (χ4n) is 2.07. The average Bonchev–Trinajstić information content (AvgIpc) is 2.66. The first-order chi connectivity index (χ1) is 7.19. The Bertz CT molecular complexity index is 226. The van der Waals surface area contributed by atoms with Crippen LogP contribution < -0.4 is 5.32 Å². The van der Waals surface area contributed by atoms with Gasteiger partial charge in [-0.25, -0.2) is 0 Å². The summed E-state index contributed by atoms with van der Waals surface area (Å²) in [5.41, 5.74) is 0. The summed E-state index contributed by atoms with van der Waals surface area (Å²) in [5, 5.41) is 11.8. The molecule has 4 heteroatoms. The molecule has 86 valence electrons. The maximum Gasteiger partial charge on any atom is 0.0962 e. The maximum absolute atomic E-state index is 8.80. The Kier molecular flexibility index (Phi) is 5.03. The lowest BCUT2D eigenvalue weighted by Gasteiger charge is -2.27. The first-order valence-electron chi connectivity index (χ1n) is 5.57. The number of rotatable bonds is 5. The van der Waals surface area contributed by atoms with Gasteiger partial charge in [-0.1, -0.05) is 0 Å². The van der Waals surface area contributed by atoms with E-state index in [0.29, 0.717) is 12.1 Å². The van der Waals surface area contributed by atoms with Crippen LogP contribution in [0.1, 0.15) is 19.8 Å². The van der Waals surface area contributed by atoms with Crippen molar-refractivity contribution in [3.63, 3.8) is 0 Å². The van der Waals surface area contributed by atoms with E-state index in [2.05, 4.69) is 30.3 Å². The number of nitrogens with one attached hydrogen (secondary N) is 1. The van der Waals surface area contributed by atoms with Crippen LogP contribution in [-0.4, -0.2) is 50.3 Å². The van der Waals surface area contributed by atoms with Crippen LogP contribution in [0.5, 0.6) is 0 Å². The Hall–Kier alpha value is -0.630. The van der Waals surface area contributed by atoms with Crippen LogP contribution in [0.25, 0.3) is 0 Å². The molecule has 0 amide bonds. The minimum Gasteiger partial charge on any atom is -0.377 e. The highest BCUT2D eigenvalue weighted by atomic mass is 16.5. The van der Waals surface area contributed by atoms with E-state index in [0.717, 1.165) is 26.0 Å². The standard InChI is InChI=1S/C11H21N3O/c1-9-11(5-7-15-9)14(3)6-4-10(8-12)13-2/h9-11,13H,4-7H2,1-3H3. The Balaban J connectivity index is 2.29. The number of ether oxygens (including phenoxy) is 1. The lowest BCUT2D eigenvalue weighted by molar-refractivity contribution is 0.0829. The Morgan fingerprint density at radius 3 is 2.87 bits per heavy atom. The zero-order valence-electron chi connectivity index (χ0n) is 9.86. The molecule has 3 unspecified atom stereocenters. The Morgan fingerprint density at radius 1 is 1.67 bits per heavy atom. The highest BCUT2D eigenvalue weighted by Gasteiger charge is 2.27. The first kappa shape index (κ1) is 12.4. The van der Waals surface area contributed by atoms with E-state index in [-0.39, 0.29) is 6.04 Å². The van der Waals surface area contributed by atoms with Gasteiger partial charge in [-0.3, -0.25) is 0 Å². The van der Waals surface area contributed by atoms with Gasteiger partial charge in [-0.05, 0) is 33.9 Å². The fourth-order valence-corrected chi connectivity index (χ4v) is 2.07. The van der Waals surface area contributed by atoms with Crippen LogP contribution in [0.4, 0.5) is 0 Å². The molecule has 1 fully saturated rings. The summed E-state index contributed by atoms with van der Waals surface area (Å²) < 4.78 is 5.52. The molecular weight excluding hydrogens is 190 g/mol. The van der Waals surface area contributed by atoms with Crippen molar-refractivity contribution in [2.75, 3.05) is 27.2 Å². The molecule has 1 N–H and O–H groups in total. The predicted molar refractivity (Wildman–Crippen MR) is 59.5 cm³/mol. The molecule has 0 aromatic carbocycles. The van der Waals surface area contributed by atoms with E-state index in [1.165, 1.54) is 0 Å². The number of nitriles is 1. The number of hydrogen-bond donors (Lipinski definition) is 1. The quantitative estimate of drug-likeness (QED) is 0.723. The third-order valence-corrected chi connectivity index (χ3v) is 3.18. The Morgan fingerprint density at radius 2 is 2.40 bits per heavy atom. The zero-order chi connectivity index (χ0) is 11.3. The second-order valence-corrected chi connectivity index (χ2v) is 4.17. The second kappa shape index (κ2) is 6.06. The molecular formula is C11H21N3O. The van der Waals surface area contributed by atoms with Crippen molar-refractivity contribution in [1.82, 2.24) is 10.2 Å². The molecule has 3 atom stereocenters. The smallest absolute Gasteiger partial charge is 0.0962 e. The van der Waals surface area contributed by atoms with E-state index in [1.807, 2.05) is 7.05 Å². The van der Waals surface area contributed by atoms with Crippen LogP contribution in [-0.2, 0) is 4.74 Å². The average molecular weight is 211 g/mol. The Labute approximate surface area is 92.2 Å². The predicted octanol–water partition coefficient (Wildman–Crippen LogP) is 0.597. The van der Waals surface area contributed by atoms with E-state index in [9.17, 15) is 0 Å². The van der Waals surface area contributed by atoms with E-state index >= 15 is 0 Å².